The molecule has 0 saturated carbocycles. The van der Waals surface area contributed by atoms with Crippen LogP contribution >= 0.6 is 15.9 Å². The predicted molar refractivity (Wildman–Crippen MR) is 82.9 cm³/mol. The molecule has 0 bridgehead atoms. The lowest BCUT2D eigenvalue weighted by Crippen LogP contribution is -2.16. The van der Waals surface area contributed by atoms with Crippen molar-refractivity contribution in [3.63, 3.8) is 0 Å². The zero-order chi connectivity index (χ0) is 17.7. The largest absolute Gasteiger partial charge is 0.433 e. The lowest BCUT2D eigenvalue weighted by atomic mass is 10.3. The fourth-order valence-corrected chi connectivity index (χ4v) is 2.28. The summed E-state index contributed by atoms with van der Waals surface area (Å²) >= 11 is 3.00. The van der Waals surface area contributed by atoms with E-state index in [-0.39, 0.29) is 34.7 Å². The number of alkyl halides is 2. The average molecular weight is 405 g/mol. The summed E-state index contributed by atoms with van der Waals surface area (Å²) in [5, 5.41) is 16.8. The zero-order valence-corrected chi connectivity index (χ0v) is 13.6. The van der Waals surface area contributed by atoms with Crippen LogP contribution < -0.4 is 10.1 Å². The van der Waals surface area contributed by atoms with E-state index < -0.39 is 17.4 Å². The normalized spacial score (nSPS) is 10.7. The van der Waals surface area contributed by atoms with Gasteiger partial charge in [0.2, 0.25) is 5.91 Å². The van der Waals surface area contributed by atoms with Crippen molar-refractivity contribution in [2.75, 3.05) is 5.32 Å². The molecule has 0 spiro atoms. The third-order valence-electron chi connectivity index (χ3n) is 2.82. The van der Waals surface area contributed by atoms with Crippen molar-refractivity contribution >= 4 is 33.3 Å². The van der Waals surface area contributed by atoms with E-state index in [2.05, 4.69) is 31.1 Å². The number of carbonyl (C=O) groups is 1. The van der Waals surface area contributed by atoms with Crippen LogP contribution in [0.5, 0.6) is 5.75 Å². The van der Waals surface area contributed by atoms with Crippen LogP contribution in [0.2, 0.25) is 0 Å². The number of ether oxygens (including phenoxy) is 1. The number of nitro groups is 1. The highest BCUT2D eigenvalue weighted by atomic mass is 79.9. The quantitative estimate of drug-likeness (QED) is 0.564. The highest BCUT2D eigenvalue weighted by Gasteiger charge is 2.19. The number of nitrogens with one attached hydrogen (secondary N) is 1. The first kappa shape index (κ1) is 17.8. The van der Waals surface area contributed by atoms with Gasteiger partial charge in [-0.3, -0.25) is 4.79 Å². The Morgan fingerprint density at radius 3 is 2.79 bits per heavy atom. The number of anilines is 1. The summed E-state index contributed by atoms with van der Waals surface area (Å²) < 4.78 is 30.4. The molecule has 1 aromatic heterocycles. The fraction of sp³-hybridized carbons (Fsp3) is 0.231. The molecule has 128 valence electrons. The first-order valence-corrected chi connectivity index (χ1v) is 7.37. The summed E-state index contributed by atoms with van der Waals surface area (Å²) in [6.07, 6.45) is 1.31. The monoisotopic (exact) mass is 404 g/mol. The summed E-state index contributed by atoms with van der Waals surface area (Å²) in [6.45, 7) is -2.93. The molecular formula is C13H11BrF2N4O4. The third kappa shape index (κ3) is 4.72. The standard InChI is InChI=1S/C13H11BrF2N4O4/c14-8-7-19(18-12(8)20(22)23)6-5-11(21)17-9-3-1-2-4-10(9)24-13(15)16/h1-4,7,13H,5-6H2,(H,17,21). The lowest BCUT2D eigenvalue weighted by molar-refractivity contribution is -0.390. The predicted octanol–water partition coefficient (Wildman–Crippen LogP) is 3.18. The van der Waals surface area contributed by atoms with Gasteiger partial charge in [-0.25, -0.2) is 0 Å². The Morgan fingerprint density at radius 1 is 1.46 bits per heavy atom. The molecule has 0 aliphatic rings. The molecule has 0 radical (unpaired) electrons. The minimum absolute atomic E-state index is 0.0612. The number of benzene rings is 1. The lowest BCUT2D eigenvalue weighted by Gasteiger charge is -2.11. The highest BCUT2D eigenvalue weighted by molar-refractivity contribution is 9.10. The minimum Gasteiger partial charge on any atom is -0.433 e. The van der Waals surface area contributed by atoms with E-state index >= 15 is 0 Å². The van der Waals surface area contributed by atoms with Gasteiger partial charge >= 0.3 is 12.4 Å². The summed E-state index contributed by atoms with van der Waals surface area (Å²) in [5.41, 5.74) is 0.107. The van der Waals surface area contributed by atoms with Crippen LogP contribution in [0.4, 0.5) is 20.3 Å². The Morgan fingerprint density at radius 2 is 2.17 bits per heavy atom. The second-order valence-electron chi connectivity index (χ2n) is 4.49. The smallest absolute Gasteiger partial charge is 0.404 e. The van der Waals surface area contributed by atoms with Crippen LogP contribution in [0.3, 0.4) is 0 Å². The van der Waals surface area contributed by atoms with Crippen LogP contribution in [0.15, 0.2) is 34.9 Å². The maximum atomic E-state index is 12.3. The topological polar surface area (TPSA) is 99.3 Å². The Hall–Kier alpha value is -2.56. The second-order valence-corrected chi connectivity index (χ2v) is 5.35. The van der Waals surface area contributed by atoms with E-state index in [4.69, 9.17) is 0 Å². The molecule has 0 unspecified atom stereocenters. The number of hydrogen-bond acceptors (Lipinski definition) is 5. The SMILES string of the molecule is O=C(CCn1cc(Br)c([N+](=O)[O-])n1)Nc1ccccc1OC(F)F. The molecule has 0 fully saturated rings. The second kappa shape index (κ2) is 7.81. The Balaban J connectivity index is 1.97. The summed E-state index contributed by atoms with van der Waals surface area (Å²) in [7, 11) is 0. The first-order chi connectivity index (χ1) is 11.4. The van der Waals surface area contributed by atoms with E-state index in [1.165, 1.54) is 29.1 Å². The molecule has 0 aliphatic heterocycles. The Labute approximate surface area is 142 Å². The van der Waals surface area contributed by atoms with E-state index in [9.17, 15) is 23.7 Å². The molecule has 2 rings (SSSR count). The molecule has 1 heterocycles. The number of carbonyl (C=O) groups excluding carboxylic acids is 1. The van der Waals surface area contributed by atoms with Gasteiger partial charge in [-0.2, -0.15) is 13.5 Å². The molecule has 1 N–H and O–H groups in total. The van der Waals surface area contributed by atoms with Gasteiger partial charge in [0.1, 0.15) is 10.2 Å². The van der Waals surface area contributed by atoms with Gasteiger partial charge in [0, 0.05) is 6.42 Å². The summed E-state index contributed by atoms with van der Waals surface area (Å²) in [5.74, 6) is -0.987. The maximum Gasteiger partial charge on any atom is 0.404 e. The Kier molecular flexibility index (Phi) is 5.79. The molecule has 1 aromatic carbocycles. The van der Waals surface area contributed by atoms with Gasteiger partial charge in [-0.15, -0.1) is 0 Å². The number of hydrogen-bond donors (Lipinski definition) is 1. The first-order valence-electron chi connectivity index (χ1n) is 6.58. The van der Waals surface area contributed by atoms with Gasteiger partial charge in [-0.1, -0.05) is 12.1 Å². The minimum atomic E-state index is -3.01. The number of aromatic nitrogens is 2. The van der Waals surface area contributed by atoms with Crippen molar-refractivity contribution in [1.82, 2.24) is 9.78 Å². The molecule has 2 aromatic rings. The van der Waals surface area contributed by atoms with E-state index in [0.29, 0.717) is 0 Å². The van der Waals surface area contributed by atoms with Crippen LogP contribution in [0.25, 0.3) is 0 Å². The van der Waals surface area contributed by atoms with Crippen LogP contribution in [-0.2, 0) is 11.3 Å². The van der Waals surface area contributed by atoms with Crippen LogP contribution in [0.1, 0.15) is 6.42 Å². The number of aryl methyl sites for hydroxylation is 1. The molecule has 24 heavy (non-hydrogen) atoms. The van der Waals surface area contributed by atoms with E-state index in [1.54, 1.807) is 6.07 Å². The van der Waals surface area contributed by atoms with Crippen molar-refractivity contribution in [3.05, 3.63) is 45.0 Å². The molecule has 0 aliphatic carbocycles. The van der Waals surface area contributed by atoms with Crippen molar-refractivity contribution in [3.8, 4) is 5.75 Å². The molecule has 8 nitrogen and oxygen atoms in total. The van der Waals surface area contributed by atoms with Crippen molar-refractivity contribution in [2.45, 2.75) is 19.6 Å². The number of halogens is 3. The Bertz CT molecular complexity index is 753. The van der Waals surface area contributed by atoms with Crippen LogP contribution in [-0.4, -0.2) is 27.2 Å². The third-order valence-corrected chi connectivity index (χ3v) is 3.38. The average Bonchev–Trinajstić information content (AvgIpc) is 2.88. The van der Waals surface area contributed by atoms with Crippen molar-refractivity contribution in [1.29, 1.82) is 0 Å². The molecular weight excluding hydrogens is 394 g/mol. The van der Waals surface area contributed by atoms with Gasteiger partial charge in [-0.05, 0) is 33.0 Å². The maximum absolute atomic E-state index is 12.3. The summed E-state index contributed by atoms with van der Waals surface area (Å²) in [4.78, 5) is 21.9. The summed E-state index contributed by atoms with van der Waals surface area (Å²) in [6, 6.07) is 5.77. The highest BCUT2D eigenvalue weighted by Crippen LogP contribution is 2.26. The van der Waals surface area contributed by atoms with Gasteiger partial charge in [0.15, 0.2) is 0 Å². The zero-order valence-electron chi connectivity index (χ0n) is 12.0. The fourth-order valence-electron chi connectivity index (χ4n) is 1.82. The van der Waals surface area contributed by atoms with Gasteiger partial charge in [0.05, 0.1) is 23.5 Å². The van der Waals surface area contributed by atoms with Gasteiger partial charge < -0.3 is 20.2 Å². The molecule has 0 atom stereocenters. The van der Waals surface area contributed by atoms with Crippen LogP contribution in [0, 0.1) is 10.1 Å². The van der Waals surface area contributed by atoms with Crippen molar-refractivity contribution < 1.29 is 23.2 Å². The molecule has 11 heteroatoms. The van der Waals surface area contributed by atoms with Crippen molar-refractivity contribution in [2.24, 2.45) is 0 Å². The van der Waals surface area contributed by atoms with E-state index in [0.717, 1.165) is 0 Å². The number of amides is 1. The van der Waals surface area contributed by atoms with Gasteiger partial charge in [0.25, 0.3) is 0 Å². The van der Waals surface area contributed by atoms with E-state index in [1.807, 2.05) is 0 Å². The molecule has 0 saturated heterocycles. The molecule has 1 amide bonds. The number of nitrogens with zero attached hydrogens (tertiary/aromatic N) is 3. The number of rotatable bonds is 7. The number of para-hydroxylation sites is 2.